The molecule has 3 rings (SSSR count). The van der Waals surface area contributed by atoms with Crippen LogP contribution in [0, 0.1) is 12.7 Å². The Morgan fingerprint density at radius 2 is 2.04 bits per heavy atom. The number of hydrogen-bond acceptors (Lipinski definition) is 6. The Kier molecular flexibility index (Phi) is 5.55. The van der Waals surface area contributed by atoms with Crippen molar-refractivity contribution in [3.8, 4) is 0 Å². The first-order valence-electron chi connectivity index (χ1n) is 8.97. The third-order valence-corrected chi connectivity index (χ3v) is 4.76. The SMILES string of the molecule is CC(=O)c1cc(F)c(N[C@@H]2CCCC(F)(F)[C@@H]2N)nc1Nc1cncc(C)c1. The zero-order valence-electron chi connectivity index (χ0n) is 15.6. The first kappa shape index (κ1) is 20.1. The number of carbonyl (C=O) groups is 1. The van der Waals surface area contributed by atoms with Gasteiger partial charge in [0.1, 0.15) is 5.82 Å². The Balaban J connectivity index is 1.93. The molecule has 0 radical (unpaired) electrons. The van der Waals surface area contributed by atoms with Gasteiger partial charge in [-0.3, -0.25) is 9.78 Å². The van der Waals surface area contributed by atoms with Crippen molar-refractivity contribution in [2.75, 3.05) is 10.6 Å². The summed E-state index contributed by atoms with van der Waals surface area (Å²) in [6.45, 7) is 3.14. The smallest absolute Gasteiger partial charge is 0.264 e. The van der Waals surface area contributed by atoms with Crippen molar-refractivity contribution >= 4 is 23.1 Å². The lowest BCUT2D eigenvalue weighted by Crippen LogP contribution is -2.55. The van der Waals surface area contributed by atoms with Gasteiger partial charge in [-0.2, -0.15) is 0 Å². The fourth-order valence-corrected chi connectivity index (χ4v) is 3.25. The summed E-state index contributed by atoms with van der Waals surface area (Å²) in [5.41, 5.74) is 7.16. The van der Waals surface area contributed by atoms with Gasteiger partial charge in [-0.05, 0) is 44.4 Å². The Labute approximate surface area is 160 Å². The summed E-state index contributed by atoms with van der Waals surface area (Å²) >= 11 is 0. The molecule has 0 saturated heterocycles. The number of aromatic nitrogens is 2. The summed E-state index contributed by atoms with van der Waals surface area (Å²) < 4.78 is 42.3. The van der Waals surface area contributed by atoms with E-state index in [1.165, 1.54) is 13.1 Å². The van der Waals surface area contributed by atoms with Crippen LogP contribution in [0.4, 0.5) is 30.5 Å². The maximum Gasteiger partial charge on any atom is 0.264 e. The van der Waals surface area contributed by atoms with Crippen molar-refractivity contribution in [1.29, 1.82) is 0 Å². The van der Waals surface area contributed by atoms with Crippen molar-refractivity contribution in [3.63, 3.8) is 0 Å². The maximum absolute atomic E-state index is 14.5. The summed E-state index contributed by atoms with van der Waals surface area (Å²) in [7, 11) is 0. The van der Waals surface area contributed by atoms with Gasteiger partial charge in [0.15, 0.2) is 17.4 Å². The topological polar surface area (TPSA) is 92.9 Å². The minimum atomic E-state index is -3.03. The van der Waals surface area contributed by atoms with Crippen LogP contribution >= 0.6 is 0 Å². The third kappa shape index (κ3) is 4.24. The molecular weight excluding hydrogens is 371 g/mol. The molecule has 0 spiro atoms. The van der Waals surface area contributed by atoms with E-state index in [1.54, 1.807) is 12.3 Å². The van der Waals surface area contributed by atoms with Gasteiger partial charge >= 0.3 is 0 Å². The molecule has 0 bridgehead atoms. The van der Waals surface area contributed by atoms with Crippen LogP contribution in [-0.2, 0) is 0 Å². The molecule has 28 heavy (non-hydrogen) atoms. The van der Waals surface area contributed by atoms with Gasteiger partial charge < -0.3 is 16.4 Å². The fraction of sp³-hybridized carbons (Fsp3) is 0.421. The van der Waals surface area contributed by atoms with E-state index in [9.17, 15) is 18.0 Å². The molecule has 9 heteroatoms. The van der Waals surface area contributed by atoms with Crippen molar-refractivity contribution in [2.24, 2.45) is 5.73 Å². The van der Waals surface area contributed by atoms with E-state index in [-0.39, 0.29) is 35.8 Å². The van der Waals surface area contributed by atoms with Gasteiger partial charge in [0.25, 0.3) is 5.92 Å². The van der Waals surface area contributed by atoms with Crippen LogP contribution in [-0.4, -0.2) is 33.8 Å². The zero-order chi connectivity index (χ0) is 20.5. The molecule has 4 N–H and O–H groups in total. The number of nitrogens with one attached hydrogen (secondary N) is 2. The number of hydrogen-bond donors (Lipinski definition) is 3. The number of alkyl halides is 2. The van der Waals surface area contributed by atoms with Gasteiger partial charge in [-0.15, -0.1) is 0 Å². The number of carbonyl (C=O) groups excluding carboxylic acids is 1. The molecule has 0 aliphatic heterocycles. The lowest BCUT2D eigenvalue weighted by molar-refractivity contribution is -0.0555. The van der Waals surface area contributed by atoms with Crippen molar-refractivity contribution in [3.05, 3.63) is 41.5 Å². The monoisotopic (exact) mass is 393 g/mol. The number of ketones is 1. The number of anilines is 3. The summed E-state index contributed by atoms with van der Waals surface area (Å²) in [5.74, 6) is -4.34. The fourth-order valence-electron chi connectivity index (χ4n) is 3.25. The molecule has 1 fully saturated rings. The predicted octanol–water partition coefficient (Wildman–Crippen LogP) is 3.80. The predicted molar refractivity (Wildman–Crippen MR) is 101 cm³/mol. The molecule has 0 aromatic carbocycles. The standard InChI is InChI=1S/C19H22F3N5O/c1-10-6-12(9-24-8-10)25-17-13(11(2)28)7-14(20)18(27-17)26-15-4-3-5-19(21,22)16(15)23/h6-9,15-16H,3-5,23H2,1-2H3,(H2,25,26,27)/t15-,16-/m1/s1. The number of aryl methyl sites for hydroxylation is 1. The number of nitrogens with two attached hydrogens (primary N) is 1. The second-order valence-electron chi connectivity index (χ2n) is 7.08. The minimum Gasteiger partial charge on any atom is -0.363 e. The van der Waals surface area contributed by atoms with E-state index in [0.29, 0.717) is 12.1 Å². The number of halogens is 3. The second kappa shape index (κ2) is 7.75. The van der Waals surface area contributed by atoms with Gasteiger partial charge in [-0.1, -0.05) is 0 Å². The van der Waals surface area contributed by atoms with Crippen LogP contribution in [0.25, 0.3) is 0 Å². The average molecular weight is 393 g/mol. The lowest BCUT2D eigenvalue weighted by Gasteiger charge is -2.36. The highest BCUT2D eigenvalue weighted by molar-refractivity contribution is 5.99. The molecule has 2 aromatic rings. The summed E-state index contributed by atoms with van der Waals surface area (Å²) in [6.07, 6.45) is 3.54. The first-order chi connectivity index (χ1) is 13.2. The number of nitrogens with zero attached hydrogens (tertiary/aromatic N) is 2. The number of pyridine rings is 2. The lowest BCUT2D eigenvalue weighted by atomic mass is 9.87. The van der Waals surface area contributed by atoms with Gasteiger partial charge in [0.2, 0.25) is 0 Å². The van der Waals surface area contributed by atoms with Gasteiger partial charge in [0, 0.05) is 18.7 Å². The summed E-state index contributed by atoms with van der Waals surface area (Å²) in [6, 6.07) is 0.539. The molecule has 0 unspecified atom stereocenters. The number of rotatable bonds is 5. The van der Waals surface area contributed by atoms with Crippen molar-refractivity contribution in [1.82, 2.24) is 9.97 Å². The van der Waals surface area contributed by atoms with Crippen LogP contribution in [0.15, 0.2) is 24.5 Å². The largest absolute Gasteiger partial charge is 0.363 e. The highest BCUT2D eigenvalue weighted by atomic mass is 19.3. The summed E-state index contributed by atoms with van der Waals surface area (Å²) in [4.78, 5) is 20.1. The van der Waals surface area contributed by atoms with Gasteiger partial charge in [-0.25, -0.2) is 18.2 Å². The highest BCUT2D eigenvalue weighted by Crippen LogP contribution is 2.34. The molecule has 2 aromatic heterocycles. The van der Waals surface area contributed by atoms with Crippen molar-refractivity contribution < 1.29 is 18.0 Å². The average Bonchev–Trinajstić information content (AvgIpc) is 2.61. The van der Waals surface area contributed by atoms with E-state index in [2.05, 4.69) is 20.6 Å². The van der Waals surface area contributed by atoms with E-state index >= 15 is 0 Å². The minimum absolute atomic E-state index is 0.0443. The molecule has 150 valence electrons. The van der Waals surface area contributed by atoms with E-state index in [4.69, 9.17) is 5.73 Å². The molecule has 1 aliphatic carbocycles. The normalized spacial score (nSPS) is 21.2. The first-order valence-corrected chi connectivity index (χ1v) is 8.97. The molecular formula is C19H22F3N5O. The second-order valence-corrected chi connectivity index (χ2v) is 7.08. The Bertz CT molecular complexity index is 890. The van der Waals surface area contributed by atoms with Crippen LogP contribution in [0.3, 0.4) is 0 Å². The molecule has 1 aliphatic rings. The Hall–Kier alpha value is -2.68. The van der Waals surface area contributed by atoms with Crippen LogP contribution < -0.4 is 16.4 Å². The summed E-state index contributed by atoms with van der Waals surface area (Å²) in [5, 5.41) is 5.65. The van der Waals surface area contributed by atoms with Gasteiger partial charge in [0.05, 0.1) is 23.5 Å². The Morgan fingerprint density at radius 1 is 1.29 bits per heavy atom. The van der Waals surface area contributed by atoms with E-state index < -0.39 is 23.8 Å². The zero-order valence-corrected chi connectivity index (χ0v) is 15.6. The molecule has 0 amide bonds. The molecule has 2 atom stereocenters. The van der Waals surface area contributed by atoms with E-state index in [0.717, 1.165) is 11.6 Å². The third-order valence-electron chi connectivity index (χ3n) is 4.76. The van der Waals surface area contributed by atoms with Crippen LogP contribution in [0.5, 0.6) is 0 Å². The quantitative estimate of drug-likeness (QED) is 0.669. The van der Waals surface area contributed by atoms with Crippen LogP contribution in [0.2, 0.25) is 0 Å². The molecule has 1 saturated carbocycles. The molecule has 6 nitrogen and oxygen atoms in total. The highest BCUT2D eigenvalue weighted by Gasteiger charge is 2.45. The molecule has 2 heterocycles. The van der Waals surface area contributed by atoms with Crippen LogP contribution in [0.1, 0.15) is 42.1 Å². The maximum atomic E-state index is 14.5. The van der Waals surface area contributed by atoms with Crippen molar-refractivity contribution in [2.45, 2.75) is 51.1 Å². The van der Waals surface area contributed by atoms with E-state index in [1.807, 2.05) is 6.92 Å². The Morgan fingerprint density at radius 3 is 2.71 bits per heavy atom. The number of Topliss-reactive ketones (excluding diaryl/α,β-unsaturated/α-hetero) is 1.